The molecule has 0 aromatic carbocycles. The van der Waals surface area contributed by atoms with Gasteiger partial charge in [0.15, 0.2) is 5.82 Å². The molecule has 1 fully saturated rings. The highest BCUT2D eigenvalue weighted by Gasteiger charge is 2.30. The van der Waals surface area contributed by atoms with Crippen LogP contribution in [0.25, 0.3) is 0 Å². The lowest BCUT2D eigenvalue weighted by Crippen LogP contribution is -2.35. The molecule has 4 nitrogen and oxygen atoms in total. The average Bonchev–Trinajstić information content (AvgIpc) is 2.84. The van der Waals surface area contributed by atoms with Gasteiger partial charge in [0.2, 0.25) is 5.89 Å². The molecule has 0 aliphatic carbocycles. The van der Waals surface area contributed by atoms with Crippen molar-refractivity contribution in [3.05, 3.63) is 11.7 Å². The van der Waals surface area contributed by atoms with Gasteiger partial charge in [-0.25, -0.2) is 0 Å². The van der Waals surface area contributed by atoms with Gasteiger partial charge in [-0.3, -0.25) is 0 Å². The molecule has 1 aliphatic heterocycles. The number of aromatic nitrogens is 2. The maximum atomic E-state index is 5.36. The van der Waals surface area contributed by atoms with Crippen LogP contribution in [0.4, 0.5) is 0 Å². The summed E-state index contributed by atoms with van der Waals surface area (Å²) in [6.45, 7) is 9.26. The maximum absolute atomic E-state index is 5.36. The summed E-state index contributed by atoms with van der Waals surface area (Å²) in [4.78, 5) is 4.56. The Hall–Kier alpha value is -0.200. The topological polar surface area (TPSA) is 51.0 Å². The van der Waals surface area contributed by atoms with Gasteiger partial charge in [0.25, 0.3) is 0 Å². The van der Waals surface area contributed by atoms with Crippen LogP contribution in [-0.4, -0.2) is 32.4 Å². The van der Waals surface area contributed by atoms with Crippen LogP contribution in [-0.2, 0) is 6.54 Å². The SMILES string of the molecule is CCC1SCCSC1c1noc(CNC(C)(C)C)n1. The van der Waals surface area contributed by atoms with Crippen LogP contribution in [0.2, 0.25) is 0 Å². The number of hydrogen-bond donors (Lipinski definition) is 1. The molecule has 2 atom stereocenters. The molecule has 0 spiro atoms. The van der Waals surface area contributed by atoms with E-state index in [0.717, 1.165) is 12.2 Å². The van der Waals surface area contributed by atoms with Crippen molar-refractivity contribution in [2.75, 3.05) is 11.5 Å². The second-order valence-corrected chi connectivity index (χ2v) is 8.36. The zero-order valence-electron chi connectivity index (χ0n) is 12.1. The fourth-order valence-electron chi connectivity index (χ4n) is 1.94. The van der Waals surface area contributed by atoms with E-state index >= 15 is 0 Å². The summed E-state index contributed by atoms with van der Waals surface area (Å²) >= 11 is 3.99. The first kappa shape index (κ1) is 15.2. The minimum Gasteiger partial charge on any atom is -0.338 e. The number of nitrogens with zero attached hydrogens (tertiary/aromatic N) is 2. The van der Waals surface area contributed by atoms with Crippen LogP contribution in [0, 0.1) is 0 Å². The minimum atomic E-state index is 0.0655. The average molecular weight is 301 g/mol. The summed E-state index contributed by atoms with van der Waals surface area (Å²) in [5.74, 6) is 3.97. The Labute approximate surface area is 123 Å². The number of thioether (sulfide) groups is 2. The Balaban J connectivity index is 1.99. The molecule has 0 radical (unpaired) electrons. The van der Waals surface area contributed by atoms with Gasteiger partial charge in [0.1, 0.15) is 0 Å². The molecular weight excluding hydrogens is 278 g/mol. The third-order valence-electron chi connectivity index (χ3n) is 2.96. The second kappa shape index (κ2) is 6.50. The van der Waals surface area contributed by atoms with Gasteiger partial charge in [-0.2, -0.15) is 16.7 Å². The molecule has 1 N–H and O–H groups in total. The summed E-state index contributed by atoms with van der Waals surface area (Å²) in [6, 6.07) is 0. The summed E-state index contributed by atoms with van der Waals surface area (Å²) in [5, 5.41) is 8.55. The standard InChI is InChI=1S/C13H23N3OS2/c1-5-9-11(19-7-6-18-9)12-15-10(17-16-12)8-14-13(2,3)4/h9,11,14H,5-8H2,1-4H3. The lowest BCUT2D eigenvalue weighted by atomic mass is 10.1. The molecule has 0 bridgehead atoms. The fourth-order valence-corrected chi connectivity index (χ4v) is 4.92. The van der Waals surface area contributed by atoms with E-state index in [2.05, 4.69) is 43.2 Å². The van der Waals surface area contributed by atoms with E-state index in [-0.39, 0.29) is 5.54 Å². The third kappa shape index (κ3) is 4.39. The Morgan fingerprint density at radius 2 is 2.05 bits per heavy atom. The van der Waals surface area contributed by atoms with Crippen molar-refractivity contribution in [1.82, 2.24) is 15.5 Å². The largest absolute Gasteiger partial charge is 0.338 e. The summed E-state index contributed by atoms with van der Waals surface area (Å²) in [7, 11) is 0. The van der Waals surface area contributed by atoms with Crippen molar-refractivity contribution in [1.29, 1.82) is 0 Å². The highest BCUT2D eigenvalue weighted by Crippen LogP contribution is 2.42. The van der Waals surface area contributed by atoms with Crippen LogP contribution >= 0.6 is 23.5 Å². The maximum Gasteiger partial charge on any atom is 0.240 e. The predicted molar refractivity (Wildman–Crippen MR) is 82.6 cm³/mol. The van der Waals surface area contributed by atoms with Crippen LogP contribution in [0.15, 0.2) is 4.52 Å². The van der Waals surface area contributed by atoms with Gasteiger partial charge in [-0.15, -0.1) is 11.8 Å². The molecule has 1 aliphatic rings. The molecule has 1 aromatic heterocycles. The first-order chi connectivity index (χ1) is 8.99. The van der Waals surface area contributed by atoms with Crippen molar-refractivity contribution < 1.29 is 4.52 Å². The van der Waals surface area contributed by atoms with E-state index in [1.54, 1.807) is 0 Å². The van der Waals surface area contributed by atoms with Crippen molar-refractivity contribution in [2.24, 2.45) is 0 Å². The van der Waals surface area contributed by atoms with Gasteiger partial charge in [-0.05, 0) is 27.2 Å². The molecule has 2 heterocycles. The van der Waals surface area contributed by atoms with E-state index < -0.39 is 0 Å². The number of hydrogen-bond acceptors (Lipinski definition) is 6. The monoisotopic (exact) mass is 301 g/mol. The van der Waals surface area contributed by atoms with Crippen molar-refractivity contribution >= 4 is 23.5 Å². The quantitative estimate of drug-likeness (QED) is 0.921. The van der Waals surface area contributed by atoms with E-state index in [9.17, 15) is 0 Å². The van der Waals surface area contributed by atoms with Gasteiger partial charge >= 0.3 is 0 Å². The second-order valence-electron chi connectivity index (χ2n) is 5.76. The molecule has 1 aromatic rings. The highest BCUT2D eigenvalue weighted by atomic mass is 32.2. The molecule has 0 saturated carbocycles. The van der Waals surface area contributed by atoms with Gasteiger partial charge in [0.05, 0.1) is 11.8 Å². The van der Waals surface area contributed by atoms with Crippen molar-refractivity contribution in [3.63, 3.8) is 0 Å². The molecule has 2 rings (SSSR count). The van der Waals surface area contributed by atoms with Gasteiger partial charge in [-0.1, -0.05) is 12.1 Å². The first-order valence-electron chi connectivity index (χ1n) is 6.80. The van der Waals surface area contributed by atoms with Crippen LogP contribution in [0.1, 0.15) is 51.1 Å². The molecule has 2 unspecified atom stereocenters. The molecule has 6 heteroatoms. The predicted octanol–water partition coefficient (Wildman–Crippen LogP) is 3.26. The highest BCUT2D eigenvalue weighted by molar-refractivity contribution is 8.06. The molecule has 19 heavy (non-hydrogen) atoms. The fraction of sp³-hybridized carbons (Fsp3) is 0.846. The van der Waals surface area contributed by atoms with Crippen molar-refractivity contribution in [2.45, 2.75) is 56.7 Å². The third-order valence-corrected chi connectivity index (χ3v) is 6.20. The van der Waals surface area contributed by atoms with E-state index in [1.807, 2.05) is 23.5 Å². The Kier molecular flexibility index (Phi) is 5.20. The zero-order valence-corrected chi connectivity index (χ0v) is 13.7. The summed E-state index contributed by atoms with van der Waals surface area (Å²) < 4.78 is 5.36. The zero-order chi connectivity index (χ0) is 13.9. The van der Waals surface area contributed by atoms with Crippen molar-refractivity contribution in [3.8, 4) is 0 Å². The van der Waals surface area contributed by atoms with Crippen LogP contribution < -0.4 is 5.32 Å². The van der Waals surface area contributed by atoms with E-state index in [1.165, 1.54) is 11.5 Å². The summed E-state index contributed by atoms with van der Waals surface area (Å²) in [6.07, 6.45) is 1.16. The minimum absolute atomic E-state index is 0.0655. The van der Waals surface area contributed by atoms with Crippen LogP contribution in [0.3, 0.4) is 0 Å². The molecule has 1 saturated heterocycles. The first-order valence-corrected chi connectivity index (χ1v) is 8.90. The van der Waals surface area contributed by atoms with E-state index in [4.69, 9.17) is 4.52 Å². The van der Waals surface area contributed by atoms with Gasteiger partial charge < -0.3 is 9.84 Å². The molecule has 0 amide bonds. The Morgan fingerprint density at radius 3 is 2.74 bits per heavy atom. The normalized spacial score (nSPS) is 24.6. The Bertz CT molecular complexity index is 403. The lowest BCUT2D eigenvalue weighted by Gasteiger charge is -2.27. The number of rotatable bonds is 4. The summed E-state index contributed by atoms with van der Waals surface area (Å²) in [5.41, 5.74) is 0.0655. The Morgan fingerprint density at radius 1 is 1.32 bits per heavy atom. The number of nitrogens with one attached hydrogen (secondary N) is 1. The van der Waals surface area contributed by atoms with E-state index in [0.29, 0.717) is 22.9 Å². The smallest absolute Gasteiger partial charge is 0.240 e. The molecule has 108 valence electrons. The van der Waals surface area contributed by atoms with Gasteiger partial charge in [0, 0.05) is 22.3 Å². The van der Waals surface area contributed by atoms with Crippen LogP contribution in [0.5, 0.6) is 0 Å². The lowest BCUT2D eigenvalue weighted by molar-refractivity contribution is 0.333. The molecular formula is C13H23N3OS2.